The van der Waals surface area contributed by atoms with Crippen molar-refractivity contribution in [3.05, 3.63) is 35.9 Å². The van der Waals surface area contributed by atoms with Crippen molar-refractivity contribution < 1.29 is 84.3 Å². The molecule has 0 amide bonds. The molecule has 14 heavy (non-hydrogen) atoms. The molecule has 4 heteroatoms. The molecule has 0 aliphatic heterocycles. The van der Waals surface area contributed by atoms with Crippen molar-refractivity contribution in [2.75, 3.05) is 21.1 Å². The molecular formula is C10H18CsNO2. The molecule has 0 heterocycles. The molecule has 0 saturated heterocycles. The number of benzene rings is 1. The normalized spacial score (nSPS) is 9.07. The Morgan fingerprint density at radius 1 is 0.929 bits per heavy atom. The summed E-state index contributed by atoms with van der Waals surface area (Å²) >= 11 is 0. The van der Waals surface area contributed by atoms with E-state index in [0.717, 1.165) is 11.0 Å². The molecule has 0 radical (unpaired) electrons. The van der Waals surface area contributed by atoms with Crippen LogP contribution < -0.4 is 68.9 Å². The van der Waals surface area contributed by atoms with Gasteiger partial charge >= 0.3 is 68.9 Å². The van der Waals surface area contributed by atoms with Crippen LogP contribution in [0.25, 0.3) is 0 Å². The van der Waals surface area contributed by atoms with Crippen molar-refractivity contribution in [1.82, 2.24) is 0 Å². The first-order valence-electron chi connectivity index (χ1n) is 3.92. The van der Waals surface area contributed by atoms with Gasteiger partial charge < -0.3 is 15.4 Å². The van der Waals surface area contributed by atoms with Crippen LogP contribution in [-0.2, 0) is 6.54 Å². The number of rotatable bonds is 2. The third-order valence-corrected chi connectivity index (χ3v) is 1.50. The molecule has 1 rings (SSSR count). The summed E-state index contributed by atoms with van der Waals surface area (Å²) in [6.07, 6.45) is 0. The molecule has 0 unspecified atom stereocenters. The summed E-state index contributed by atoms with van der Waals surface area (Å²) in [7, 11) is 6.60. The summed E-state index contributed by atoms with van der Waals surface area (Å²) in [5, 5.41) is 0. The second-order valence-electron chi connectivity index (χ2n) is 3.93. The minimum Gasteiger partial charge on any atom is -0.870 e. The van der Waals surface area contributed by atoms with E-state index < -0.39 is 0 Å². The van der Waals surface area contributed by atoms with E-state index in [1.54, 1.807) is 0 Å². The fourth-order valence-electron chi connectivity index (χ4n) is 1.13. The van der Waals surface area contributed by atoms with Crippen molar-refractivity contribution in [3.63, 3.8) is 0 Å². The first-order chi connectivity index (χ1) is 5.08. The number of hydrogen-bond donors (Lipinski definition) is 0. The molecular weight excluding hydrogens is 299 g/mol. The van der Waals surface area contributed by atoms with Crippen molar-refractivity contribution in [2.24, 2.45) is 0 Å². The van der Waals surface area contributed by atoms with Crippen LogP contribution in [0.5, 0.6) is 0 Å². The molecule has 0 bridgehead atoms. The molecule has 0 spiro atoms. The van der Waals surface area contributed by atoms with Gasteiger partial charge in [0.15, 0.2) is 0 Å². The standard InChI is InChI=1S/C10H16N.Cs.2H2O/c1-11(2,3)9-10-7-5-4-6-8-10;;;/h4-8H,9H2,1-3H3;;2*1H2/q2*+1;;/p-2. The minimum absolute atomic E-state index is 0. The number of quaternary nitrogens is 1. The molecule has 76 valence electrons. The Morgan fingerprint density at radius 3 is 1.71 bits per heavy atom. The Hall–Kier alpha value is 1.15. The molecule has 0 aliphatic carbocycles. The van der Waals surface area contributed by atoms with Crippen LogP contribution in [0.3, 0.4) is 0 Å². The second kappa shape index (κ2) is 9.38. The quantitative estimate of drug-likeness (QED) is 0.626. The van der Waals surface area contributed by atoms with E-state index in [-0.39, 0.29) is 79.8 Å². The summed E-state index contributed by atoms with van der Waals surface area (Å²) in [5.41, 5.74) is 1.40. The Kier molecular flexibility index (Phi) is 13.8. The molecule has 0 aliphatic rings. The smallest absolute Gasteiger partial charge is 0.870 e. The van der Waals surface area contributed by atoms with E-state index in [1.807, 2.05) is 0 Å². The zero-order chi connectivity index (χ0) is 8.32. The maximum absolute atomic E-state index is 2.20. The van der Waals surface area contributed by atoms with E-state index in [0.29, 0.717) is 0 Å². The van der Waals surface area contributed by atoms with Crippen molar-refractivity contribution in [3.8, 4) is 0 Å². The van der Waals surface area contributed by atoms with Crippen LogP contribution in [0.4, 0.5) is 0 Å². The fourth-order valence-corrected chi connectivity index (χ4v) is 1.13. The average Bonchev–Trinajstić information content (AvgIpc) is 1.85. The van der Waals surface area contributed by atoms with Crippen LogP contribution >= 0.6 is 0 Å². The maximum Gasteiger partial charge on any atom is 1.00 e. The summed E-state index contributed by atoms with van der Waals surface area (Å²) in [6.45, 7) is 1.10. The van der Waals surface area contributed by atoms with Crippen LogP contribution in [-0.4, -0.2) is 36.6 Å². The van der Waals surface area contributed by atoms with Gasteiger partial charge in [-0.05, 0) is 0 Å². The first-order valence-corrected chi connectivity index (χ1v) is 3.92. The second-order valence-corrected chi connectivity index (χ2v) is 3.93. The predicted molar refractivity (Wildman–Crippen MR) is 52.1 cm³/mol. The first kappa shape index (κ1) is 20.5. The SMILES string of the molecule is C[N+](C)(C)Cc1ccccc1.[Cs+].[OH-].[OH-]. The van der Waals surface area contributed by atoms with E-state index in [1.165, 1.54) is 5.56 Å². The Morgan fingerprint density at radius 2 is 1.36 bits per heavy atom. The third kappa shape index (κ3) is 9.70. The fraction of sp³-hybridized carbons (Fsp3) is 0.400. The minimum atomic E-state index is 0. The Bertz CT molecular complexity index is 221. The summed E-state index contributed by atoms with van der Waals surface area (Å²) in [6, 6.07) is 10.6. The zero-order valence-electron chi connectivity index (χ0n) is 9.44. The molecule has 3 nitrogen and oxygen atoms in total. The van der Waals surface area contributed by atoms with E-state index >= 15 is 0 Å². The number of nitrogens with zero attached hydrogens (tertiary/aromatic N) is 1. The molecule has 0 fully saturated rings. The van der Waals surface area contributed by atoms with Gasteiger partial charge in [-0.1, -0.05) is 30.3 Å². The Labute approximate surface area is 145 Å². The van der Waals surface area contributed by atoms with Gasteiger partial charge in [-0.15, -0.1) is 0 Å². The number of hydrogen-bond acceptors (Lipinski definition) is 2. The van der Waals surface area contributed by atoms with Crippen molar-refractivity contribution in [2.45, 2.75) is 6.54 Å². The van der Waals surface area contributed by atoms with E-state index in [9.17, 15) is 0 Å². The van der Waals surface area contributed by atoms with Crippen LogP contribution in [0.1, 0.15) is 5.56 Å². The van der Waals surface area contributed by atoms with Gasteiger partial charge in [-0.25, -0.2) is 0 Å². The zero-order valence-corrected chi connectivity index (χ0v) is 15.7. The molecule has 1 aromatic rings. The van der Waals surface area contributed by atoms with Gasteiger partial charge in [0.05, 0.1) is 21.1 Å². The van der Waals surface area contributed by atoms with Gasteiger partial charge in [-0.2, -0.15) is 0 Å². The topological polar surface area (TPSA) is 60.0 Å². The van der Waals surface area contributed by atoms with Gasteiger partial charge in [0.2, 0.25) is 0 Å². The molecule has 0 atom stereocenters. The van der Waals surface area contributed by atoms with Crippen molar-refractivity contribution >= 4 is 0 Å². The van der Waals surface area contributed by atoms with E-state index in [2.05, 4.69) is 51.5 Å². The Balaban J connectivity index is -0.000000403. The molecule has 2 N–H and O–H groups in total. The van der Waals surface area contributed by atoms with Gasteiger partial charge in [0.25, 0.3) is 0 Å². The average molecular weight is 317 g/mol. The maximum atomic E-state index is 2.20. The summed E-state index contributed by atoms with van der Waals surface area (Å²) in [4.78, 5) is 0. The van der Waals surface area contributed by atoms with Gasteiger partial charge in [0.1, 0.15) is 6.54 Å². The largest absolute Gasteiger partial charge is 1.00 e. The van der Waals surface area contributed by atoms with Gasteiger partial charge in [-0.3, -0.25) is 0 Å². The third-order valence-electron chi connectivity index (χ3n) is 1.50. The predicted octanol–water partition coefficient (Wildman–Crippen LogP) is -1.46. The summed E-state index contributed by atoms with van der Waals surface area (Å²) < 4.78 is 0.990. The van der Waals surface area contributed by atoms with Crippen LogP contribution in [0.2, 0.25) is 0 Å². The van der Waals surface area contributed by atoms with Crippen molar-refractivity contribution in [1.29, 1.82) is 0 Å². The monoisotopic (exact) mass is 317 g/mol. The molecule has 1 aromatic carbocycles. The summed E-state index contributed by atoms with van der Waals surface area (Å²) in [5.74, 6) is 0. The van der Waals surface area contributed by atoms with E-state index in [4.69, 9.17) is 0 Å². The van der Waals surface area contributed by atoms with Gasteiger partial charge in [0, 0.05) is 5.56 Å². The van der Waals surface area contributed by atoms with Crippen LogP contribution in [0.15, 0.2) is 30.3 Å². The molecule has 0 saturated carbocycles. The van der Waals surface area contributed by atoms with Crippen LogP contribution in [0, 0.1) is 0 Å². The molecule has 0 aromatic heterocycles.